The highest BCUT2D eigenvalue weighted by Crippen LogP contribution is 2.32. The van der Waals surface area contributed by atoms with Crippen LogP contribution in [-0.4, -0.2) is 38.3 Å². The fourth-order valence-corrected chi connectivity index (χ4v) is 4.16. The minimum atomic E-state index is -0.318. The Kier molecular flexibility index (Phi) is 4.26. The van der Waals surface area contributed by atoms with Crippen molar-refractivity contribution >= 4 is 28.2 Å². The van der Waals surface area contributed by atoms with Gasteiger partial charge in [-0.05, 0) is 50.5 Å². The summed E-state index contributed by atoms with van der Waals surface area (Å²) in [5, 5.41) is 3.88. The number of pyridine rings is 1. The maximum absolute atomic E-state index is 12.7. The molecule has 28 heavy (non-hydrogen) atoms. The molecule has 5 rings (SSSR count). The van der Waals surface area contributed by atoms with Crippen LogP contribution in [0, 0.1) is 5.92 Å². The SMILES string of the molecule is O=C(NC1CCC(n2c(=O)cnc3cnc4[nH]ccc4c32)CC1)OCC1CC1. The van der Waals surface area contributed by atoms with Gasteiger partial charge >= 0.3 is 6.09 Å². The summed E-state index contributed by atoms with van der Waals surface area (Å²) in [4.78, 5) is 36.4. The minimum absolute atomic E-state index is 0.0824. The molecule has 0 bridgehead atoms. The maximum atomic E-state index is 12.7. The Morgan fingerprint density at radius 1 is 1.18 bits per heavy atom. The molecule has 0 unspecified atom stereocenters. The molecular weight excluding hydrogens is 358 g/mol. The van der Waals surface area contributed by atoms with E-state index in [4.69, 9.17) is 4.74 Å². The Morgan fingerprint density at radius 2 is 2.00 bits per heavy atom. The van der Waals surface area contributed by atoms with Gasteiger partial charge in [0, 0.05) is 23.7 Å². The average molecular weight is 381 g/mol. The molecule has 3 heterocycles. The van der Waals surface area contributed by atoms with Crippen molar-refractivity contribution in [2.75, 3.05) is 6.61 Å². The first-order chi connectivity index (χ1) is 13.7. The lowest BCUT2D eigenvalue weighted by molar-refractivity contribution is 0.133. The Hall–Kier alpha value is -2.90. The van der Waals surface area contributed by atoms with E-state index in [9.17, 15) is 9.59 Å². The summed E-state index contributed by atoms with van der Waals surface area (Å²) in [6.45, 7) is 0.528. The molecule has 0 atom stereocenters. The predicted molar refractivity (Wildman–Crippen MR) is 104 cm³/mol. The molecule has 2 fully saturated rings. The van der Waals surface area contributed by atoms with E-state index in [-0.39, 0.29) is 23.7 Å². The van der Waals surface area contributed by atoms with E-state index in [0.29, 0.717) is 12.5 Å². The normalized spacial score (nSPS) is 22.4. The van der Waals surface area contributed by atoms with Crippen LogP contribution in [0.2, 0.25) is 0 Å². The van der Waals surface area contributed by atoms with Crippen LogP contribution >= 0.6 is 0 Å². The fourth-order valence-electron chi connectivity index (χ4n) is 4.16. The quantitative estimate of drug-likeness (QED) is 0.723. The zero-order chi connectivity index (χ0) is 19.1. The maximum Gasteiger partial charge on any atom is 0.407 e. The van der Waals surface area contributed by atoms with E-state index in [2.05, 4.69) is 20.3 Å². The number of nitrogens with zero attached hydrogens (tertiary/aromatic N) is 3. The number of H-pyrrole nitrogens is 1. The van der Waals surface area contributed by atoms with Crippen molar-refractivity contribution in [3.8, 4) is 0 Å². The number of rotatable bonds is 4. The van der Waals surface area contributed by atoms with Gasteiger partial charge < -0.3 is 19.6 Å². The molecule has 0 aliphatic heterocycles. The van der Waals surface area contributed by atoms with Gasteiger partial charge in [-0.2, -0.15) is 0 Å². The lowest BCUT2D eigenvalue weighted by Gasteiger charge is -2.30. The van der Waals surface area contributed by atoms with Crippen LogP contribution in [0.1, 0.15) is 44.6 Å². The fraction of sp³-hybridized carbons (Fsp3) is 0.500. The van der Waals surface area contributed by atoms with Crippen LogP contribution in [0.3, 0.4) is 0 Å². The number of hydrogen-bond acceptors (Lipinski definition) is 5. The number of nitrogens with one attached hydrogen (secondary N) is 2. The second-order valence-electron chi connectivity index (χ2n) is 7.89. The Morgan fingerprint density at radius 3 is 2.79 bits per heavy atom. The first kappa shape index (κ1) is 17.2. The summed E-state index contributed by atoms with van der Waals surface area (Å²) in [5.74, 6) is 0.563. The number of aromatic nitrogens is 4. The summed E-state index contributed by atoms with van der Waals surface area (Å²) >= 11 is 0. The van der Waals surface area contributed by atoms with Crippen molar-refractivity contribution in [1.29, 1.82) is 0 Å². The number of carbonyl (C=O) groups excluding carboxylic acids is 1. The number of alkyl carbamates (subject to hydrolysis) is 1. The zero-order valence-corrected chi connectivity index (χ0v) is 15.6. The van der Waals surface area contributed by atoms with Crippen molar-refractivity contribution in [1.82, 2.24) is 24.8 Å². The lowest BCUT2D eigenvalue weighted by Crippen LogP contribution is -2.39. The molecule has 1 amide bonds. The van der Waals surface area contributed by atoms with Gasteiger partial charge in [-0.25, -0.2) is 14.8 Å². The summed E-state index contributed by atoms with van der Waals surface area (Å²) in [7, 11) is 0. The molecule has 146 valence electrons. The third-order valence-electron chi connectivity index (χ3n) is 5.86. The molecule has 0 aromatic carbocycles. The highest BCUT2D eigenvalue weighted by Gasteiger charge is 2.27. The molecule has 3 aromatic heterocycles. The molecule has 0 saturated heterocycles. The third kappa shape index (κ3) is 3.23. The highest BCUT2D eigenvalue weighted by atomic mass is 16.5. The van der Waals surface area contributed by atoms with E-state index < -0.39 is 0 Å². The van der Waals surface area contributed by atoms with Crippen molar-refractivity contribution < 1.29 is 9.53 Å². The zero-order valence-electron chi connectivity index (χ0n) is 15.6. The van der Waals surface area contributed by atoms with Crippen LogP contribution < -0.4 is 10.9 Å². The molecule has 8 nitrogen and oxygen atoms in total. The molecule has 2 N–H and O–H groups in total. The number of ether oxygens (including phenoxy) is 1. The van der Waals surface area contributed by atoms with Crippen LogP contribution in [0.4, 0.5) is 4.79 Å². The van der Waals surface area contributed by atoms with E-state index in [0.717, 1.165) is 60.6 Å². The summed E-state index contributed by atoms with van der Waals surface area (Å²) in [6.07, 6.45) is 10.2. The van der Waals surface area contributed by atoms with E-state index in [1.165, 1.54) is 6.20 Å². The monoisotopic (exact) mass is 381 g/mol. The van der Waals surface area contributed by atoms with Crippen molar-refractivity contribution in [3.05, 3.63) is 35.0 Å². The predicted octanol–water partition coefficient (Wildman–Crippen LogP) is 2.89. The molecule has 0 spiro atoms. The molecule has 2 aliphatic rings. The summed E-state index contributed by atoms with van der Waals surface area (Å²) < 4.78 is 7.14. The van der Waals surface area contributed by atoms with Gasteiger partial charge in [0.25, 0.3) is 5.56 Å². The lowest BCUT2D eigenvalue weighted by atomic mass is 9.90. The molecule has 3 aromatic rings. The van der Waals surface area contributed by atoms with Crippen LogP contribution in [0.5, 0.6) is 0 Å². The van der Waals surface area contributed by atoms with Crippen molar-refractivity contribution in [3.63, 3.8) is 0 Å². The van der Waals surface area contributed by atoms with E-state index in [1.54, 1.807) is 6.20 Å². The highest BCUT2D eigenvalue weighted by molar-refractivity contribution is 6.00. The van der Waals surface area contributed by atoms with Gasteiger partial charge in [0.2, 0.25) is 0 Å². The van der Waals surface area contributed by atoms with Crippen LogP contribution in [-0.2, 0) is 4.74 Å². The molecular formula is C20H23N5O3. The number of fused-ring (bicyclic) bond motifs is 3. The standard InChI is InChI=1S/C20H23N5O3/c26-17-10-22-16-9-23-19-15(7-8-21-19)18(16)25(17)14-5-3-13(4-6-14)24-20(27)28-11-12-1-2-12/h7-10,12-14H,1-6,11H2,(H,21,23)(H,24,27). The molecule has 2 aliphatic carbocycles. The number of hydrogen-bond donors (Lipinski definition) is 2. The smallest absolute Gasteiger partial charge is 0.407 e. The Labute approximate surface area is 161 Å². The van der Waals surface area contributed by atoms with Crippen molar-refractivity contribution in [2.45, 2.75) is 50.6 Å². The molecule has 0 radical (unpaired) electrons. The third-order valence-corrected chi connectivity index (χ3v) is 5.86. The van der Waals surface area contributed by atoms with Gasteiger partial charge in [0.1, 0.15) is 11.2 Å². The van der Waals surface area contributed by atoms with E-state index in [1.807, 2.05) is 16.8 Å². The van der Waals surface area contributed by atoms with Crippen molar-refractivity contribution in [2.24, 2.45) is 5.92 Å². The topological polar surface area (TPSA) is 102 Å². The second-order valence-corrected chi connectivity index (χ2v) is 7.89. The summed E-state index contributed by atoms with van der Waals surface area (Å²) in [6, 6.07) is 2.12. The van der Waals surface area contributed by atoms with Gasteiger partial charge in [-0.1, -0.05) is 0 Å². The largest absolute Gasteiger partial charge is 0.449 e. The van der Waals surface area contributed by atoms with Gasteiger partial charge in [-0.15, -0.1) is 0 Å². The average Bonchev–Trinajstić information content (AvgIpc) is 3.41. The Bertz CT molecular complexity index is 1080. The second kappa shape index (κ2) is 6.92. The van der Waals surface area contributed by atoms with Crippen LogP contribution in [0.15, 0.2) is 29.5 Å². The number of carbonyl (C=O) groups is 1. The van der Waals surface area contributed by atoms with Gasteiger partial charge in [-0.3, -0.25) is 4.79 Å². The molecule has 8 heteroatoms. The minimum Gasteiger partial charge on any atom is -0.449 e. The number of amides is 1. The van der Waals surface area contributed by atoms with Gasteiger partial charge in [0.05, 0.1) is 24.5 Å². The first-order valence-corrected chi connectivity index (χ1v) is 9.95. The Balaban J connectivity index is 1.34. The molecule has 2 saturated carbocycles. The van der Waals surface area contributed by atoms with Crippen LogP contribution in [0.25, 0.3) is 22.1 Å². The van der Waals surface area contributed by atoms with E-state index >= 15 is 0 Å². The first-order valence-electron chi connectivity index (χ1n) is 9.95. The van der Waals surface area contributed by atoms with Gasteiger partial charge in [0.15, 0.2) is 0 Å². The number of aromatic amines is 1. The summed E-state index contributed by atoms with van der Waals surface area (Å²) in [5.41, 5.74) is 2.21.